The van der Waals surface area contributed by atoms with Crippen molar-refractivity contribution in [1.82, 2.24) is 15.3 Å². The number of rotatable bonds is 3. The van der Waals surface area contributed by atoms with Crippen molar-refractivity contribution >= 4 is 11.9 Å². The molecule has 0 saturated heterocycles. The number of aromatic nitrogens is 2. The minimum absolute atomic E-state index is 0.171. The van der Waals surface area contributed by atoms with E-state index < -0.39 is 11.9 Å². The Morgan fingerprint density at radius 2 is 1.91 bits per heavy atom. The first-order valence-electron chi connectivity index (χ1n) is 7.30. The number of amides is 1. The van der Waals surface area contributed by atoms with Gasteiger partial charge in [-0.05, 0) is 12.8 Å². The molecule has 1 heterocycles. The maximum atomic E-state index is 12.2. The fourth-order valence-electron chi connectivity index (χ4n) is 2.28. The highest BCUT2D eigenvalue weighted by Crippen LogP contribution is 2.20. The van der Waals surface area contributed by atoms with Crippen molar-refractivity contribution in [2.24, 2.45) is 5.92 Å². The molecular weight excluding hydrogens is 282 g/mol. The second-order valence-electron chi connectivity index (χ2n) is 6.56. The fraction of sp³-hybridized carbons (Fsp3) is 0.500. The number of carboxylic acids is 1. The van der Waals surface area contributed by atoms with Crippen LogP contribution in [0.15, 0.2) is 24.5 Å². The fourth-order valence-corrected chi connectivity index (χ4v) is 2.28. The van der Waals surface area contributed by atoms with Crippen molar-refractivity contribution in [3.05, 3.63) is 35.9 Å². The van der Waals surface area contributed by atoms with E-state index in [1.54, 1.807) is 6.08 Å². The van der Waals surface area contributed by atoms with Crippen molar-refractivity contribution in [3.63, 3.8) is 0 Å². The van der Waals surface area contributed by atoms with E-state index in [0.717, 1.165) is 0 Å². The molecule has 1 aromatic heterocycles. The molecule has 0 aromatic carbocycles. The van der Waals surface area contributed by atoms with Crippen LogP contribution in [0.5, 0.6) is 0 Å². The lowest BCUT2D eigenvalue weighted by molar-refractivity contribution is -0.142. The average molecular weight is 303 g/mol. The molecule has 1 aromatic rings. The first kappa shape index (κ1) is 16.1. The topological polar surface area (TPSA) is 92.2 Å². The summed E-state index contributed by atoms with van der Waals surface area (Å²) in [5.41, 5.74) is 0.203. The highest BCUT2D eigenvalue weighted by Gasteiger charge is 2.25. The van der Waals surface area contributed by atoms with Crippen molar-refractivity contribution in [3.8, 4) is 0 Å². The molecule has 0 radical (unpaired) electrons. The summed E-state index contributed by atoms with van der Waals surface area (Å²) in [6.07, 6.45) is 7.55. The second kappa shape index (κ2) is 6.25. The zero-order valence-corrected chi connectivity index (χ0v) is 13.0. The number of carbonyl (C=O) groups is 2. The van der Waals surface area contributed by atoms with Gasteiger partial charge >= 0.3 is 5.97 Å². The number of nitrogens with one attached hydrogen (secondary N) is 1. The average Bonchev–Trinajstić information content (AvgIpc) is 2.46. The SMILES string of the molecule is CC(C)(C)c1ncc(C(=O)N[C@H]2C=CC[C@H](C(=O)O)C2)cn1. The summed E-state index contributed by atoms with van der Waals surface area (Å²) in [6.45, 7) is 6.00. The lowest BCUT2D eigenvalue weighted by Crippen LogP contribution is -2.38. The molecule has 2 atom stereocenters. The molecular formula is C16H21N3O3. The van der Waals surface area contributed by atoms with E-state index in [1.807, 2.05) is 26.8 Å². The van der Waals surface area contributed by atoms with E-state index >= 15 is 0 Å². The summed E-state index contributed by atoms with van der Waals surface area (Å²) in [5, 5.41) is 11.9. The maximum absolute atomic E-state index is 12.2. The first-order chi connectivity index (χ1) is 10.3. The van der Waals surface area contributed by atoms with Crippen LogP contribution in [0.1, 0.15) is 49.8 Å². The molecule has 22 heavy (non-hydrogen) atoms. The Labute approximate surface area is 129 Å². The van der Waals surface area contributed by atoms with Crippen LogP contribution in [0.2, 0.25) is 0 Å². The summed E-state index contributed by atoms with van der Waals surface area (Å²) >= 11 is 0. The predicted octanol–water partition coefficient (Wildman–Crippen LogP) is 1.92. The van der Waals surface area contributed by atoms with E-state index in [2.05, 4.69) is 15.3 Å². The van der Waals surface area contributed by atoms with Gasteiger partial charge in [-0.3, -0.25) is 9.59 Å². The normalized spacial score (nSPS) is 21.4. The van der Waals surface area contributed by atoms with Crippen LogP contribution < -0.4 is 5.32 Å². The van der Waals surface area contributed by atoms with Crippen LogP contribution in [0, 0.1) is 5.92 Å². The molecule has 2 rings (SSSR count). The Morgan fingerprint density at radius 1 is 1.27 bits per heavy atom. The summed E-state index contributed by atoms with van der Waals surface area (Å²) < 4.78 is 0. The zero-order chi connectivity index (χ0) is 16.3. The Hall–Kier alpha value is -2.24. The number of carboxylic acid groups (broad SMARTS) is 1. The second-order valence-corrected chi connectivity index (χ2v) is 6.56. The van der Waals surface area contributed by atoms with Crippen LogP contribution in [0.3, 0.4) is 0 Å². The molecule has 0 fully saturated rings. The molecule has 1 aliphatic carbocycles. The van der Waals surface area contributed by atoms with Crippen molar-refractivity contribution in [2.75, 3.05) is 0 Å². The van der Waals surface area contributed by atoms with E-state index in [0.29, 0.717) is 24.2 Å². The van der Waals surface area contributed by atoms with Crippen LogP contribution in [0.25, 0.3) is 0 Å². The monoisotopic (exact) mass is 303 g/mol. The largest absolute Gasteiger partial charge is 0.481 e. The summed E-state index contributed by atoms with van der Waals surface area (Å²) in [6, 6.07) is -0.273. The Morgan fingerprint density at radius 3 is 2.45 bits per heavy atom. The number of allylic oxidation sites excluding steroid dienone is 1. The predicted molar refractivity (Wildman–Crippen MR) is 81.5 cm³/mol. The van der Waals surface area contributed by atoms with E-state index in [1.165, 1.54) is 12.4 Å². The van der Waals surface area contributed by atoms with E-state index in [9.17, 15) is 9.59 Å². The highest BCUT2D eigenvalue weighted by molar-refractivity contribution is 5.94. The first-order valence-corrected chi connectivity index (χ1v) is 7.30. The van der Waals surface area contributed by atoms with Gasteiger partial charge in [-0.2, -0.15) is 0 Å². The lowest BCUT2D eigenvalue weighted by Gasteiger charge is -2.23. The van der Waals surface area contributed by atoms with Crippen molar-refractivity contribution < 1.29 is 14.7 Å². The Kier molecular flexibility index (Phi) is 4.59. The molecule has 0 aliphatic heterocycles. The smallest absolute Gasteiger partial charge is 0.306 e. The van der Waals surface area contributed by atoms with Gasteiger partial charge in [-0.25, -0.2) is 9.97 Å². The van der Waals surface area contributed by atoms with E-state index in [-0.39, 0.29) is 17.4 Å². The zero-order valence-electron chi connectivity index (χ0n) is 13.0. The number of hydrogen-bond donors (Lipinski definition) is 2. The number of aliphatic carboxylic acids is 1. The van der Waals surface area contributed by atoms with Gasteiger partial charge in [-0.15, -0.1) is 0 Å². The van der Waals surface area contributed by atoms with Crippen LogP contribution in [0.4, 0.5) is 0 Å². The molecule has 1 amide bonds. The third-order valence-corrected chi connectivity index (χ3v) is 3.58. The molecule has 6 nitrogen and oxygen atoms in total. The van der Waals surface area contributed by atoms with Gasteiger partial charge in [0.15, 0.2) is 0 Å². The van der Waals surface area contributed by atoms with Crippen molar-refractivity contribution in [1.29, 1.82) is 0 Å². The van der Waals surface area contributed by atoms with E-state index in [4.69, 9.17) is 5.11 Å². The van der Waals surface area contributed by atoms with Crippen LogP contribution >= 0.6 is 0 Å². The van der Waals surface area contributed by atoms with Gasteiger partial charge in [0.1, 0.15) is 5.82 Å². The third-order valence-electron chi connectivity index (χ3n) is 3.58. The molecule has 118 valence electrons. The quantitative estimate of drug-likeness (QED) is 0.832. The Bertz CT molecular complexity index is 588. The third kappa shape index (κ3) is 3.90. The summed E-state index contributed by atoms with van der Waals surface area (Å²) in [7, 11) is 0. The molecule has 0 unspecified atom stereocenters. The molecule has 6 heteroatoms. The molecule has 1 aliphatic rings. The van der Waals surface area contributed by atoms with Gasteiger partial charge < -0.3 is 10.4 Å². The van der Waals surface area contributed by atoms with Gasteiger partial charge in [0.05, 0.1) is 11.5 Å². The van der Waals surface area contributed by atoms with Gasteiger partial charge in [0.2, 0.25) is 0 Å². The van der Waals surface area contributed by atoms with Crippen LogP contribution in [-0.2, 0) is 10.2 Å². The lowest BCUT2D eigenvalue weighted by atomic mass is 9.91. The maximum Gasteiger partial charge on any atom is 0.306 e. The molecule has 0 bridgehead atoms. The Balaban J connectivity index is 2.02. The van der Waals surface area contributed by atoms with Gasteiger partial charge in [-0.1, -0.05) is 32.9 Å². The number of nitrogens with zero attached hydrogens (tertiary/aromatic N) is 2. The van der Waals surface area contributed by atoms with Gasteiger partial charge in [0, 0.05) is 23.9 Å². The standard InChI is InChI=1S/C16H21N3O3/c1-16(2,3)15-17-8-11(9-18-15)13(20)19-12-6-4-5-10(7-12)14(21)22/h4,6,8-10,12H,5,7H2,1-3H3,(H,19,20)(H,21,22)/t10-,12-/m0/s1. The highest BCUT2D eigenvalue weighted by atomic mass is 16.4. The molecule has 0 spiro atoms. The minimum Gasteiger partial charge on any atom is -0.481 e. The van der Waals surface area contributed by atoms with Crippen molar-refractivity contribution in [2.45, 2.75) is 45.1 Å². The minimum atomic E-state index is -0.832. The number of hydrogen-bond acceptors (Lipinski definition) is 4. The summed E-state index contributed by atoms with van der Waals surface area (Å²) in [5.74, 6) is -0.898. The summed E-state index contributed by atoms with van der Waals surface area (Å²) in [4.78, 5) is 31.6. The van der Waals surface area contributed by atoms with Crippen LogP contribution in [-0.4, -0.2) is 33.0 Å². The molecule has 2 N–H and O–H groups in total. The number of carbonyl (C=O) groups excluding carboxylic acids is 1. The van der Waals surface area contributed by atoms with Gasteiger partial charge in [0.25, 0.3) is 5.91 Å². The molecule has 0 saturated carbocycles.